The predicted molar refractivity (Wildman–Crippen MR) is 69.9 cm³/mol. The minimum absolute atomic E-state index is 0.00745. The number of ether oxygens (including phenoxy) is 1. The normalized spacial score (nSPS) is 10.5. The van der Waals surface area contributed by atoms with Crippen LogP contribution in [0.4, 0.5) is 0 Å². The first-order valence-corrected chi connectivity index (χ1v) is 5.85. The minimum atomic E-state index is -0.537. The zero-order valence-electron chi connectivity index (χ0n) is 10.7. The number of hydrogen-bond acceptors (Lipinski definition) is 4. The fourth-order valence-electron chi connectivity index (χ4n) is 1.85. The van der Waals surface area contributed by atoms with Gasteiger partial charge in [-0.05, 0) is 30.2 Å². The Morgan fingerprint density at radius 1 is 1.42 bits per heavy atom. The summed E-state index contributed by atoms with van der Waals surface area (Å²) < 4.78 is 7.01. The largest absolute Gasteiger partial charge is 0.465 e. The third-order valence-electron chi connectivity index (χ3n) is 2.75. The van der Waals surface area contributed by atoms with Crippen LogP contribution in [0.15, 0.2) is 23.0 Å². The number of aromatic nitrogens is 3. The number of aryl methyl sites for hydroxylation is 2. The quantitative estimate of drug-likeness (QED) is 0.779. The van der Waals surface area contributed by atoms with Gasteiger partial charge in [0.15, 0.2) is 0 Å². The molecule has 2 rings (SSSR count). The van der Waals surface area contributed by atoms with Crippen molar-refractivity contribution in [2.45, 2.75) is 6.92 Å². The Morgan fingerprint density at radius 2 is 2.11 bits per heavy atom. The predicted octanol–water partition coefficient (Wildman–Crippen LogP) is 1.32. The Hall–Kier alpha value is -2.08. The SMILES string of the molecule is COC(=O)c1cccc(C)c1-n1c(Cl)nn(C)c1=O. The standard InChI is InChI=1S/C12H12ClN3O3/c1-7-5-4-6-8(10(17)19-3)9(7)16-11(13)14-15(2)12(16)18/h4-6H,1-3H3. The molecule has 0 radical (unpaired) electrons. The third-order valence-corrected chi connectivity index (χ3v) is 3.00. The molecule has 1 aromatic heterocycles. The molecule has 19 heavy (non-hydrogen) atoms. The van der Waals surface area contributed by atoms with Gasteiger partial charge in [-0.15, -0.1) is 5.10 Å². The summed E-state index contributed by atoms with van der Waals surface area (Å²) in [5, 5.41) is 3.83. The highest BCUT2D eigenvalue weighted by atomic mass is 35.5. The molecule has 0 saturated heterocycles. The molecule has 0 amide bonds. The molecule has 0 aliphatic heterocycles. The van der Waals surface area contributed by atoms with E-state index in [0.717, 1.165) is 10.2 Å². The molecule has 0 unspecified atom stereocenters. The maximum atomic E-state index is 12.0. The van der Waals surface area contributed by atoms with Gasteiger partial charge in [-0.3, -0.25) is 0 Å². The summed E-state index contributed by atoms with van der Waals surface area (Å²) in [5.41, 5.74) is 0.946. The summed E-state index contributed by atoms with van der Waals surface area (Å²) in [6.45, 7) is 1.78. The number of benzene rings is 1. The molecular formula is C12H12ClN3O3. The van der Waals surface area contributed by atoms with E-state index in [9.17, 15) is 9.59 Å². The molecule has 0 fully saturated rings. The molecule has 0 aliphatic carbocycles. The fraction of sp³-hybridized carbons (Fsp3) is 0.250. The summed E-state index contributed by atoms with van der Waals surface area (Å²) in [5.74, 6) is -0.537. The van der Waals surface area contributed by atoms with Crippen LogP contribution in [0, 0.1) is 6.92 Å². The Labute approximate surface area is 114 Å². The van der Waals surface area contributed by atoms with Gasteiger partial charge in [0.05, 0.1) is 18.4 Å². The molecule has 0 aliphatic rings. The van der Waals surface area contributed by atoms with Crippen molar-refractivity contribution in [2.75, 3.05) is 7.11 Å². The van der Waals surface area contributed by atoms with Gasteiger partial charge in [0, 0.05) is 7.05 Å². The summed E-state index contributed by atoms with van der Waals surface area (Å²) in [4.78, 5) is 23.8. The second kappa shape index (κ2) is 4.89. The second-order valence-corrected chi connectivity index (χ2v) is 4.31. The van der Waals surface area contributed by atoms with Crippen LogP contribution in [0.25, 0.3) is 5.69 Å². The van der Waals surface area contributed by atoms with E-state index in [2.05, 4.69) is 5.10 Å². The zero-order chi connectivity index (χ0) is 14.2. The smallest absolute Gasteiger partial charge is 0.351 e. The van der Waals surface area contributed by atoms with E-state index in [4.69, 9.17) is 16.3 Å². The summed E-state index contributed by atoms with van der Waals surface area (Å²) in [7, 11) is 2.77. The van der Waals surface area contributed by atoms with Gasteiger partial charge in [-0.1, -0.05) is 12.1 Å². The van der Waals surface area contributed by atoms with Crippen molar-refractivity contribution in [1.29, 1.82) is 0 Å². The lowest BCUT2D eigenvalue weighted by atomic mass is 10.1. The van der Waals surface area contributed by atoms with Crippen LogP contribution in [-0.2, 0) is 11.8 Å². The number of nitrogens with zero attached hydrogens (tertiary/aromatic N) is 3. The number of rotatable bonds is 2. The summed E-state index contributed by atoms with van der Waals surface area (Å²) >= 11 is 5.96. The number of carbonyl (C=O) groups is 1. The molecule has 1 aromatic carbocycles. The molecule has 7 heteroatoms. The van der Waals surface area contributed by atoms with Crippen molar-refractivity contribution in [3.8, 4) is 5.69 Å². The van der Waals surface area contributed by atoms with E-state index in [-0.39, 0.29) is 10.8 Å². The lowest BCUT2D eigenvalue weighted by molar-refractivity contribution is 0.0600. The van der Waals surface area contributed by atoms with Crippen LogP contribution in [0.2, 0.25) is 5.28 Å². The molecule has 0 N–H and O–H groups in total. The van der Waals surface area contributed by atoms with Crippen LogP contribution in [0.1, 0.15) is 15.9 Å². The number of esters is 1. The van der Waals surface area contributed by atoms with Crippen molar-refractivity contribution in [3.05, 3.63) is 45.1 Å². The van der Waals surface area contributed by atoms with Gasteiger partial charge >= 0.3 is 11.7 Å². The average molecular weight is 282 g/mol. The maximum Gasteiger partial charge on any atom is 0.351 e. The van der Waals surface area contributed by atoms with E-state index >= 15 is 0 Å². The summed E-state index contributed by atoms with van der Waals surface area (Å²) in [6, 6.07) is 5.06. The lowest BCUT2D eigenvalue weighted by Gasteiger charge is -2.11. The Morgan fingerprint density at radius 3 is 2.63 bits per heavy atom. The fourth-order valence-corrected chi connectivity index (χ4v) is 2.12. The number of halogens is 1. The molecule has 100 valence electrons. The first kappa shape index (κ1) is 13.4. The Bertz CT molecular complexity index is 703. The van der Waals surface area contributed by atoms with Crippen molar-refractivity contribution in [3.63, 3.8) is 0 Å². The Kier molecular flexibility index (Phi) is 3.44. The third kappa shape index (κ3) is 2.15. The van der Waals surface area contributed by atoms with Crippen molar-refractivity contribution >= 4 is 17.6 Å². The van der Waals surface area contributed by atoms with E-state index in [1.807, 2.05) is 0 Å². The molecule has 6 nitrogen and oxygen atoms in total. The van der Waals surface area contributed by atoms with E-state index in [1.165, 1.54) is 18.7 Å². The molecule has 0 bridgehead atoms. The molecule has 0 saturated carbocycles. The van der Waals surface area contributed by atoms with Crippen molar-refractivity contribution in [1.82, 2.24) is 14.3 Å². The topological polar surface area (TPSA) is 66.1 Å². The highest BCUT2D eigenvalue weighted by Gasteiger charge is 2.20. The monoisotopic (exact) mass is 281 g/mol. The Balaban J connectivity index is 2.82. The molecule has 0 atom stereocenters. The molecule has 1 heterocycles. The molecule has 0 spiro atoms. The van der Waals surface area contributed by atoms with E-state index in [0.29, 0.717) is 5.69 Å². The van der Waals surface area contributed by atoms with E-state index in [1.54, 1.807) is 25.1 Å². The highest BCUT2D eigenvalue weighted by Crippen LogP contribution is 2.21. The van der Waals surface area contributed by atoms with Crippen LogP contribution in [0.5, 0.6) is 0 Å². The van der Waals surface area contributed by atoms with Crippen LogP contribution in [0.3, 0.4) is 0 Å². The zero-order valence-corrected chi connectivity index (χ0v) is 11.4. The van der Waals surface area contributed by atoms with Gasteiger partial charge in [-0.2, -0.15) is 0 Å². The number of carbonyl (C=O) groups excluding carboxylic acids is 1. The average Bonchev–Trinajstić information content (AvgIpc) is 2.63. The number of methoxy groups -OCH3 is 1. The molecular weight excluding hydrogens is 270 g/mol. The lowest BCUT2D eigenvalue weighted by Crippen LogP contribution is -2.24. The van der Waals surface area contributed by atoms with Crippen LogP contribution < -0.4 is 5.69 Å². The van der Waals surface area contributed by atoms with Crippen molar-refractivity contribution < 1.29 is 9.53 Å². The van der Waals surface area contributed by atoms with Gasteiger partial charge < -0.3 is 4.74 Å². The van der Waals surface area contributed by atoms with Gasteiger partial charge in [0.2, 0.25) is 5.28 Å². The molecule has 2 aromatic rings. The van der Waals surface area contributed by atoms with E-state index < -0.39 is 11.7 Å². The van der Waals surface area contributed by atoms with Gasteiger partial charge in [-0.25, -0.2) is 18.8 Å². The highest BCUT2D eigenvalue weighted by molar-refractivity contribution is 6.28. The number of para-hydroxylation sites is 1. The first-order valence-electron chi connectivity index (χ1n) is 5.47. The van der Waals surface area contributed by atoms with Gasteiger partial charge in [0.25, 0.3) is 0 Å². The summed E-state index contributed by atoms with van der Waals surface area (Å²) in [6.07, 6.45) is 0. The number of hydrogen-bond donors (Lipinski definition) is 0. The first-order chi connectivity index (χ1) is 8.97. The van der Waals surface area contributed by atoms with Crippen LogP contribution in [-0.4, -0.2) is 27.4 Å². The second-order valence-electron chi connectivity index (χ2n) is 3.97. The maximum absolute atomic E-state index is 12.0. The minimum Gasteiger partial charge on any atom is -0.465 e. The van der Waals surface area contributed by atoms with Crippen LogP contribution >= 0.6 is 11.6 Å². The van der Waals surface area contributed by atoms with Crippen molar-refractivity contribution in [2.24, 2.45) is 7.05 Å². The van der Waals surface area contributed by atoms with Gasteiger partial charge in [0.1, 0.15) is 0 Å².